The van der Waals surface area contributed by atoms with E-state index in [9.17, 15) is 14.7 Å². The first kappa shape index (κ1) is 28.0. The molecule has 4 aromatic rings. The Morgan fingerprint density at radius 1 is 0.900 bits per heavy atom. The summed E-state index contributed by atoms with van der Waals surface area (Å²) in [7, 11) is 0. The van der Waals surface area contributed by atoms with E-state index in [4.69, 9.17) is 27.9 Å². The second-order valence-corrected chi connectivity index (χ2v) is 10.8. The maximum absolute atomic E-state index is 14.2. The summed E-state index contributed by atoms with van der Waals surface area (Å²) >= 11 is 12.4. The molecule has 0 aliphatic carbocycles. The van der Waals surface area contributed by atoms with Crippen LogP contribution in [0.1, 0.15) is 48.6 Å². The molecule has 1 unspecified atom stereocenters. The summed E-state index contributed by atoms with van der Waals surface area (Å²) in [5.41, 5.74) is 3.46. The highest BCUT2D eigenvalue weighted by molar-refractivity contribution is 6.30. The van der Waals surface area contributed by atoms with E-state index in [0.29, 0.717) is 29.3 Å². The Morgan fingerprint density at radius 3 is 2.02 bits per heavy atom. The number of amides is 1. The maximum Gasteiger partial charge on any atom is 0.326 e. The smallest absolute Gasteiger partial charge is 0.326 e. The van der Waals surface area contributed by atoms with Gasteiger partial charge < -0.3 is 19.3 Å². The van der Waals surface area contributed by atoms with Gasteiger partial charge in [0, 0.05) is 34.5 Å². The molecule has 5 rings (SSSR count). The van der Waals surface area contributed by atoms with Gasteiger partial charge in [-0.2, -0.15) is 0 Å². The van der Waals surface area contributed by atoms with Gasteiger partial charge in [-0.1, -0.05) is 72.9 Å². The van der Waals surface area contributed by atoms with Crippen LogP contribution in [0.25, 0.3) is 5.69 Å². The van der Waals surface area contributed by atoms with Crippen LogP contribution in [-0.4, -0.2) is 38.6 Å². The molecule has 0 saturated carbocycles. The molecule has 1 aliphatic rings. The number of hydrogen-bond acceptors (Lipinski definition) is 3. The zero-order valence-corrected chi connectivity index (χ0v) is 23.5. The lowest BCUT2D eigenvalue weighted by Crippen LogP contribution is -2.57. The third-order valence-electron chi connectivity index (χ3n) is 7.28. The van der Waals surface area contributed by atoms with E-state index in [1.807, 2.05) is 84.5 Å². The summed E-state index contributed by atoms with van der Waals surface area (Å²) in [6, 6.07) is 24.6. The number of carboxylic acid groups (broad SMARTS) is 1. The monoisotopic (exact) mass is 576 g/mol. The number of carbonyl (C=O) groups excluding carboxylic acids is 1. The van der Waals surface area contributed by atoms with Crippen molar-refractivity contribution in [2.45, 2.75) is 50.5 Å². The Labute approximate surface area is 243 Å². The molecule has 6 nitrogen and oxygen atoms in total. The molecule has 1 amide bonds. The van der Waals surface area contributed by atoms with Crippen molar-refractivity contribution in [1.29, 1.82) is 0 Å². The predicted molar refractivity (Wildman–Crippen MR) is 156 cm³/mol. The van der Waals surface area contributed by atoms with Gasteiger partial charge in [0.2, 0.25) is 0 Å². The van der Waals surface area contributed by atoms with Crippen molar-refractivity contribution in [2.75, 3.05) is 0 Å². The average Bonchev–Trinajstić information content (AvgIpc) is 3.49. The summed E-state index contributed by atoms with van der Waals surface area (Å²) in [5.74, 6) is -1.39. The Hall–Kier alpha value is -3.58. The molecule has 8 heteroatoms. The van der Waals surface area contributed by atoms with Crippen LogP contribution >= 0.6 is 23.2 Å². The van der Waals surface area contributed by atoms with Crippen molar-refractivity contribution in [3.05, 3.63) is 124 Å². The van der Waals surface area contributed by atoms with Gasteiger partial charge >= 0.3 is 5.97 Å². The molecule has 0 spiro atoms. The minimum atomic E-state index is -1.04. The van der Waals surface area contributed by atoms with Gasteiger partial charge in [-0.15, -0.1) is 0 Å². The van der Waals surface area contributed by atoms with E-state index >= 15 is 0 Å². The Balaban J connectivity index is 1.56. The molecule has 1 saturated heterocycles. The molecule has 1 aliphatic heterocycles. The molecule has 1 aromatic heterocycles. The highest BCUT2D eigenvalue weighted by Gasteiger charge is 2.48. The zero-order chi connectivity index (χ0) is 28.2. The number of benzene rings is 3. The standard InChI is InChI=1S/C32H30Cl2N2O4/c1-2-5-27(32(38)39)36-29(22-8-12-24(33)13-9-22)30(23-10-14-25(34)15-11-23)40-28(31(36)37)20-21-6-16-26(17-7-21)35-18-3-4-19-35/h3-4,6-19,27-30H,2,5,20H2,1H3,(H,38,39)/t27?,28-,29+,30-/m1/s1. The van der Waals surface area contributed by atoms with Crippen LogP contribution in [0.5, 0.6) is 0 Å². The predicted octanol–water partition coefficient (Wildman–Crippen LogP) is 7.29. The van der Waals surface area contributed by atoms with Crippen molar-refractivity contribution in [1.82, 2.24) is 9.47 Å². The minimum absolute atomic E-state index is 0.303. The largest absolute Gasteiger partial charge is 0.480 e. The SMILES string of the molecule is CCCC(C(=O)O)N1C(=O)[C@@H](Cc2ccc(-n3cccc3)cc2)O[C@H](c2ccc(Cl)cc2)[C@@H]1c1ccc(Cl)cc1. The fourth-order valence-corrected chi connectivity index (χ4v) is 5.58. The molecule has 1 N–H and O–H groups in total. The highest BCUT2D eigenvalue weighted by Crippen LogP contribution is 2.44. The summed E-state index contributed by atoms with van der Waals surface area (Å²) in [6.07, 6.45) is 3.65. The van der Waals surface area contributed by atoms with Gasteiger partial charge in [-0.25, -0.2) is 4.79 Å². The normalized spacial score (nSPS) is 19.9. The Kier molecular flexibility index (Phi) is 8.60. The number of aliphatic carboxylic acids is 1. The van der Waals surface area contributed by atoms with Crippen molar-refractivity contribution >= 4 is 35.1 Å². The number of carboxylic acids is 1. The van der Waals surface area contributed by atoms with Crippen LogP contribution in [0.15, 0.2) is 97.3 Å². The third kappa shape index (κ3) is 5.94. The topological polar surface area (TPSA) is 71.8 Å². The number of halogens is 2. The number of morpholine rings is 1. The summed E-state index contributed by atoms with van der Waals surface area (Å²) in [6.45, 7) is 1.92. The molecule has 1 fully saturated rings. The molecule has 4 atom stereocenters. The minimum Gasteiger partial charge on any atom is -0.480 e. The van der Waals surface area contributed by atoms with E-state index in [0.717, 1.165) is 22.4 Å². The lowest BCUT2D eigenvalue weighted by molar-refractivity contribution is -0.184. The van der Waals surface area contributed by atoms with Gasteiger partial charge in [0.25, 0.3) is 5.91 Å². The van der Waals surface area contributed by atoms with Crippen molar-refractivity contribution < 1.29 is 19.4 Å². The van der Waals surface area contributed by atoms with Crippen LogP contribution in [0.4, 0.5) is 0 Å². The van der Waals surface area contributed by atoms with Crippen LogP contribution < -0.4 is 0 Å². The lowest BCUT2D eigenvalue weighted by atomic mass is 9.88. The second-order valence-electron chi connectivity index (χ2n) is 9.94. The van der Waals surface area contributed by atoms with Gasteiger partial charge in [-0.3, -0.25) is 4.79 Å². The van der Waals surface area contributed by atoms with Gasteiger partial charge in [-0.05, 0) is 71.6 Å². The van der Waals surface area contributed by atoms with E-state index in [2.05, 4.69) is 0 Å². The number of nitrogens with zero attached hydrogens (tertiary/aromatic N) is 2. The van der Waals surface area contributed by atoms with E-state index in [1.165, 1.54) is 4.90 Å². The van der Waals surface area contributed by atoms with Gasteiger partial charge in [0.15, 0.2) is 0 Å². The second kappa shape index (κ2) is 12.3. The summed E-state index contributed by atoms with van der Waals surface area (Å²) in [5, 5.41) is 11.4. The van der Waals surface area contributed by atoms with Crippen LogP contribution in [0.2, 0.25) is 10.0 Å². The molecule has 2 heterocycles. The fraction of sp³-hybridized carbons (Fsp3) is 0.250. The first-order valence-electron chi connectivity index (χ1n) is 13.3. The number of hydrogen-bond donors (Lipinski definition) is 1. The third-order valence-corrected chi connectivity index (χ3v) is 7.78. The van der Waals surface area contributed by atoms with Crippen LogP contribution in [-0.2, 0) is 20.7 Å². The molecule has 3 aromatic carbocycles. The molecule has 40 heavy (non-hydrogen) atoms. The number of carbonyl (C=O) groups is 2. The number of rotatable bonds is 9. The number of ether oxygens (including phenoxy) is 1. The maximum atomic E-state index is 14.2. The Morgan fingerprint density at radius 2 is 1.48 bits per heavy atom. The van der Waals surface area contributed by atoms with E-state index < -0.39 is 30.3 Å². The van der Waals surface area contributed by atoms with Crippen molar-refractivity contribution in [3.8, 4) is 5.69 Å². The first-order chi connectivity index (χ1) is 19.4. The quantitative estimate of drug-likeness (QED) is 0.227. The van der Waals surface area contributed by atoms with Gasteiger partial charge in [0.05, 0.1) is 6.04 Å². The molecule has 206 valence electrons. The number of aromatic nitrogens is 1. The summed E-state index contributed by atoms with van der Waals surface area (Å²) < 4.78 is 8.60. The van der Waals surface area contributed by atoms with Crippen molar-refractivity contribution in [3.63, 3.8) is 0 Å². The molecular weight excluding hydrogens is 547 g/mol. The first-order valence-corrected chi connectivity index (χ1v) is 14.0. The lowest BCUT2D eigenvalue weighted by Gasteiger charge is -2.47. The van der Waals surface area contributed by atoms with Crippen LogP contribution in [0, 0.1) is 0 Å². The average molecular weight is 578 g/mol. The zero-order valence-electron chi connectivity index (χ0n) is 22.0. The molecule has 0 bridgehead atoms. The summed E-state index contributed by atoms with van der Waals surface area (Å²) in [4.78, 5) is 28.3. The fourth-order valence-electron chi connectivity index (χ4n) is 5.33. The van der Waals surface area contributed by atoms with E-state index in [-0.39, 0.29) is 5.91 Å². The Bertz CT molecular complexity index is 1440. The van der Waals surface area contributed by atoms with E-state index in [1.54, 1.807) is 24.3 Å². The van der Waals surface area contributed by atoms with Crippen LogP contribution in [0.3, 0.4) is 0 Å². The molecule has 0 radical (unpaired) electrons. The highest BCUT2D eigenvalue weighted by atomic mass is 35.5. The molecular formula is C32H30Cl2N2O4. The van der Waals surface area contributed by atoms with Gasteiger partial charge in [0.1, 0.15) is 18.2 Å². The van der Waals surface area contributed by atoms with Crippen molar-refractivity contribution in [2.24, 2.45) is 0 Å².